The first-order valence-corrected chi connectivity index (χ1v) is 8.51. The first-order chi connectivity index (χ1) is 11.9. The molecule has 1 aromatic heterocycles. The smallest absolute Gasteiger partial charge is 0.317 e. The Morgan fingerprint density at radius 1 is 1.20 bits per heavy atom. The van der Waals surface area contributed by atoms with Crippen molar-refractivity contribution in [2.45, 2.75) is 45.6 Å². The fraction of sp³-hybridized carbons (Fsp3) is 0.588. The Hall–Kier alpha value is -2.51. The maximum absolute atomic E-state index is 12.7. The lowest BCUT2D eigenvalue weighted by Gasteiger charge is -2.35. The van der Waals surface area contributed by atoms with Crippen LogP contribution in [0.4, 0.5) is 0 Å². The van der Waals surface area contributed by atoms with E-state index in [0.29, 0.717) is 19.1 Å². The Labute approximate surface area is 146 Å². The van der Waals surface area contributed by atoms with Gasteiger partial charge in [0.2, 0.25) is 17.7 Å². The Kier molecular flexibility index (Phi) is 4.96. The summed E-state index contributed by atoms with van der Waals surface area (Å²) in [7, 11) is 0. The second kappa shape index (κ2) is 7.16. The summed E-state index contributed by atoms with van der Waals surface area (Å²) in [6.07, 6.45) is 1.55. The molecular weight excluding hydrogens is 324 g/mol. The predicted octanol–water partition coefficient (Wildman–Crippen LogP) is 0.516. The van der Waals surface area contributed by atoms with Crippen LogP contribution >= 0.6 is 0 Å². The quantitative estimate of drug-likeness (QED) is 0.801. The van der Waals surface area contributed by atoms with Gasteiger partial charge >= 0.3 is 6.01 Å². The summed E-state index contributed by atoms with van der Waals surface area (Å²) in [4.78, 5) is 45.9. The molecule has 1 aromatic rings. The van der Waals surface area contributed by atoms with E-state index in [0.717, 1.165) is 24.2 Å². The standard InChI is InChI=1S/C17H22N4O4/c1-10-6-11(2)19-17(18-10)25-13-4-3-5-21(9-13)16(24)12-7-14(22)20-15(23)8-12/h6,12-13H,3-5,7-9H2,1-2H3,(H,20,22,23). The molecule has 2 aliphatic rings. The summed E-state index contributed by atoms with van der Waals surface area (Å²) >= 11 is 0. The molecule has 1 unspecified atom stereocenters. The molecule has 0 saturated carbocycles. The highest BCUT2D eigenvalue weighted by Crippen LogP contribution is 2.22. The van der Waals surface area contributed by atoms with Crippen molar-refractivity contribution in [2.75, 3.05) is 13.1 Å². The first-order valence-electron chi connectivity index (χ1n) is 8.51. The molecular formula is C17H22N4O4. The molecule has 0 radical (unpaired) electrons. The van der Waals surface area contributed by atoms with Crippen LogP contribution in [0.25, 0.3) is 0 Å². The second-order valence-electron chi connectivity index (χ2n) is 6.68. The van der Waals surface area contributed by atoms with Crippen LogP contribution in [0, 0.1) is 19.8 Å². The number of hydrogen-bond donors (Lipinski definition) is 1. The monoisotopic (exact) mass is 346 g/mol. The van der Waals surface area contributed by atoms with Gasteiger partial charge in [-0.05, 0) is 32.8 Å². The highest BCUT2D eigenvalue weighted by molar-refractivity contribution is 6.02. The van der Waals surface area contributed by atoms with Crippen LogP contribution in [-0.4, -0.2) is 51.8 Å². The number of piperidine rings is 2. The van der Waals surface area contributed by atoms with E-state index in [-0.39, 0.29) is 36.7 Å². The lowest BCUT2D eigenvalue weighted by atomic mass is 9.94. The van der Waals surface area contributed by atoms with Gasteiger partial charge in [-0.15, -0.1) is 0 Å². The van der Waals surface area contributed by atoms with Gasteiger partial charge in [0, 0.05) is 30.8 Å². The van der Waals surface area contributed by atoms with Gasteiger partial charge in [-0.3, -0.25) is 19.7 Å². The maximum atomic E-state index is 12.7. The molecule has 2 saturated heterocycles. The Morgan fingerprint density at radius 2 is 1.84 bits per heavy atom. The average molecular weight is 346 g/mol. The van der Waals surface area contributed by atoms with Crippen molar-refractivity contribution in [1.29, 1.82) is 0 Å². The van der Waals surface area contributed by atoms with Crippen LogP contribution in [0.3, 0.4) is 0 Å². The van der Waals surface area contributed by atoms with Gasteiger partial charge in [0.25, 0.3) is 0 Å². The minimum Gasteiger partial charge on any atom is -0.458 e. The lowest BCUT2D eigenvalue weighted by molar-refractivity contribution is -0.146. The number of rotatable bonds is 3. The van der Waals surface area contributed by atoms with E-state index in [1.165, 1.54) is 0 Å². The van der Waals surface area contributed by atoms with E-state index in [2.05, 4.69) is 15.3 Å². The van der Waals surface area contributed by atoms with Gasteiger partial charge in [0.1, 0.15) is 6.10 Å². The fourth-order valence-electron chi connectivity index (χ4n) is 3.34. The van der Waals surface area contributed by atoms with Gasteiger partial charge in [-0.2, -0.15) is 0 Å². The van der Waals surface area contributed by atoms with Crippen molar-refractivity contribution in [3.05, 3.63) is 17.5 Å². The van der Waals surface area contributed by atoms with Crippen molar-refractivity contribution >= 4 is 17.7 Å². The van der Waals surface area contributed by atoms with Gasteiger partial charge in [-0.25, -0.2) is 9.97 Å². The number of hydrogen-bond acceptors (Lipinski definition) is 6. The normalized spacial score (nSPS) is 21.8. The number of likely N-dealkylation sites (tertiary alicyclic amines) is 1. The summed E-state index contributed by atoms with van der Waals surface area (Å²) in [6.45, 7) is 4.78. The maximum Gasteiger partial charge on any atom is 0.317 e. The third-order valence-corrected chi connectivity index (χ3v) is 4.42. The molecule has 0 bridgehead atoms. The highest BCUT2D eigenvalue weighted by atomic mass is 16.5. The zero-order chi connectivity index (χ0) is 18.0. The molecule has 1 atom stereocenters. The van der Waals surface area contributed by atoms with E-state index in [1.54, 1.807) is 4.90 Å². The molecule has 0 aromatic carbocycles. The molecule has 3 rings (SSSR count). The molecule has 0 aliphatic carbocycles. The molecule has 3 amide bonds. The third kappa shape index (κ3) is 4.32. The number of aryl methyl sites for hydroxylation is 2. The number of carbonyl (C=O) groups is 3. The SMILES string of the molecule is Cc1cc(C)nc(OC2CCCN(C(=O)C3CC(=O)NC(=O)C3)C2)n1. The average Bonchev–Trinajstić information content (AvgIpc) is 2.52. The zero-order valence-electron chi connectivity index (χ0n) is 14.4. The first kappa shape index (κ1) is 17.3. The van der Waals surface area contributed by atoms with Gasteiger partial charge in [0.05, 0.1) is 12.5 Å². The van der Waals surface area contributed by atoms with Crippen molar-refractivity contribution in [1.82, 2.24) is 20.2 Å². The van der Waals surface area contributed by atoms with Crippen LogP contribution in [0.2, 0.25) is 0 Å². The van der Waals surface area contributed by atoms with Crippen molar-refractivity contribution < 1.29 is 19.1 Å². The van der Waals surface area contributed by atoms with Crippen LogP contribution in [0.15, 0.2) is 6.07 Å². The van der Waals surface area contributed by atoms with Crippen LogP contribution in [0.5, 0.6) is 6.01 Å². The van der Waals surface area contributed by atoms with Crippen molar-refractivity contribution in [3.8, 4) is 6.01 Å². The minimum absolute atomic E-state index is 0.0623. The summed E-state index contributed by atoms with van der Waals surface area (Å²) in [5.41, 5.74) is 1.66. The molecule has 25 heavy (non-hydrogen) atoms. The van der Waals surface area contributed by atoms with E-state index in [4.69, 9.17) is 4.74 Å². The topological polar surface area (TPSA) is 101 Å². The van der Waals surface area contributed by atoms with E-state index in [9.17, 15) is 14.4 Å². The molecule has 0 spiro atoms. The van der Waals surface area contributed by atoms with Gasteiger partial charge in [0.15, 0.2) is 0 Å². The Balaban J connectivity index is 1.63. The summed E-state index contributed by atoms with van der Waals surface area (Å²) in [5.74, 6) is -1.50. The number of carbonyl (C=O) groups excluding carboxylic acids is 3. The van der Waals surface area contributed by atoms with Crippen LogP contribution < -0.4 is 10.1 Å². The van der Waals surface area contributed by atoms with E-state index < -0.39 is 5.92 Å². The molecule has 8 nitrogen and oxygen atoms in total. The number of amides is 3. The molecule has 134 valence electrons. The number of nitrogens with zero attached hydrogens (tertiary/aromatic N) is 3. The van der Waals surface area contributed by atoms with E-state index >= 15 is 0 Å². The largest absolute Gasteiger partial charge is 0.458 e. The number of imide groups is 1. The number of aromatic nitrogens is 2. The van der Waals surface area contributed by atoms with Crippen LogP contribution in [0.1, 0.15) is 37.1 Å². The van der Waals surface area contributed by atoms with Gasteiger partial charge < -0.3 is 9.64 Å². The second-order valence-corrected chi connectivity index (χ2v) is 6.68. The minimum atomic E-state index is -0.572. The van der Waals surface area contributed by atoms with E-state index in [1.807, 2.05) is 19.9 Å². The summed E-state index contributed by atoms with van der Waals surface area (Å²) in [6, 6.07) is 2.19. The number of ether oxygens (including phenoxy) is 1. The van der Waals surface area contributed by atoms with Crippen LogP contribution in [-0.2, 0) is 14.4 Å². The molecule has 2 aliphatic heterocycles. The van der Waals surface area contributed by atoms with Crippen molar-refractivity contribution in [3.63, 3.8) is 0 Å². The molecule has 2 fully saturated rings. The fourth-order valence-corrected chi connectivity index (χ4v) is 3.34. The number of nitrogens with one attached hydrogen (secondary N) is 1. The van der Waals surface area contributed by atoms with Gasteiger partial charge in [-0.1, -0.05) is 0 Å². The molecule has 3 heterocycles. The zero-order valence-corrected chi connectivity index (χ0v) is 14.4. The lowest BCUT2D eigenvalue weighted by Crippen LogP contribution is -2.50. The molecule has 1 N–H and O–H groups in total. The third-order valence-electron chi connectivity index (χ3n) is 4.42. The summed E-state index contributed by atoms with van der Waals surface area (Å²) < 4.78 is 5.86. The summed E-state index contributed by atoms with van der Waals surface area (Å²) in [5, 5.41) is 2.23. The highest BCUT2D eigenvalue weighted by Gasteiger charge is 2.35. The molecule has 8 heteroatoms. The predicted molar refractivity (Wildman–Crippen MR) is 87.6 cm³/mol. The Morgan fingerprint density at radius 3 is 2.48 bits per heavy atom. The van der Waals surface area contributed by atoms with Crippen molar-refractivity contribution in [2.24, 2.45) is 5.92 Å². The Bertz CT molecular complexity index is 670.